The summed E-state index contributed by atoms with van der Waals surface area (Å²) in [6, 6.07) is -1.05. The van der Waals surface area contributed by atoms with E-state index in [0.717, 1.165) is 6.92 Å². The van der Waals surface area contributed by atoms with E-state index in [2.05, 4.69) is 0 Å². The molecule has 0 saturated carbocycles. The monoisotopic (exact) mass is 260 g/mol. The van der Waals surface area contributed by atoms with Gasteiger partial charge in [0, 0.05) is 13.8 Å². The van der Waals surface area contributed by atoms with Crippen molar-refractivity contribution in [1.82, 2.24) is 5.01 Å². The fourth-order valence-corrected chi connectivity index (χ4v) is 1.92. The number of esters is 2. The maximum Gasteiger partial charge on any atom is 0.391 e. The number of nitrogens with zero attached hydrogens (tertiary/aromatic N) is 2. The quantitative estimate of drug-likeness (QED) is 0.416. The summed E-state index contributed by atoms with van der Waals surface area (Å²) in [5, 5.41) is 10.8. The van der Waals surface area contributed by atoms with Gasteiger partial charge in [0.2, 0.25) is 0 Å². The number of rotatable bonds is 4. The van der Waals surface area contributed by atoms with Crippen molar-refractivity contribution in [2.75, 3.05) is 0 Å². The summed E-state index contributed by atoms with van der Waals surface area (Å²) in [7, 11) is 0. The third kappa shape index (κ3) is 2.69. The summed E-state index contributed by atoms with van der Waals surface area (Å²) in [5.74, 6) is -3.44. The lowest BCUT2D eigenvalue weighted by Crippen LogP contribution is -2.52. The highest BCUT2D eigenvalue weighted by Gasteiger charge is 2.60. The van der Waals surface area contributed by atoms with Gasteiger partial charge in [0.25, 0.3) is 0 Å². The molecule has 0 radical (unpaired) electrons. The van der Waals surface area contributed by atoms with Crippen molar-refractivity contribution >= 4 is 11.9 Å². The first-order valence-electron chi connectivity index (χ1n) is 5.53. The molecule has 0 unspecified atom stereocenters. The van der Waals surface area contributed by atoms with Crippen LogP contribution < -0.4 is 0 Å². The minimum Gasteiger partial charge on any atom is -0.400 e. The lowest BCUT2D eigenvalue weighted by molar-refractivity contribution is -0.699. The average molecular weight is 260 g/mol. The van der Waals surface area contributed by atoms with Crippen LogP contribution in [0, 0.1) is 16.0 Å². The van der Waals surface area contributed by atoms with Gasteiger partial charge in [-0.1, -0.05) is 13.8 Å². The predicted molar refractivity (Wildman–Crippen MR) is 58.3 cm³/mol. The zero-order valence-corrected chi connectivity index (χ0v) is 10.7. The Kier molecular flexibility index (Phi) is 3.78. The Hall–Kier alpha value is -1.86. The van der Waals surface area contributed by atoms with E-state index >= 15 is 0 Å². The van der Waals surface area contributed by atoms with E-state index in [1.165, 1.54) is 6.92 Å². The van der Waals surface area contributed by atoms with E-state index in [9.17, 15) is 19.7 Å². The summed E-state index contributed by atoms with van der Waals surface area (Å²) in [6.07, 6.45) is 0.247. The van der Waals surface area contributed by atoms with Gasteiger partial charge in [-0.3, -0.25) is 4.79 Å². The van der Waals surface area contributed by atoms with Crippen LogP contribution >= 0.6 is 0 Å². The molecule has 1 aliphatic heterocycles. The van der Waals surface area contributed by atoms with E-state index in [1.807, 2.05) is 13.8 Å². The molecule has 0 bridgehead atoms. The minimum absolute atomic E-state index is 0.0599. The number of hydrogen-bond acceptors (Lipinski definition) is 6. The molecule has 0 aliphatic carbocycles. The molecule has 102 valence electrons. The average Bonchev–Trinajstić information content (AvgIpc) is 2.34. The SMILES string of the molecule is CC(=O)O[C@]1(C)OC(=O)[C@@H](CC(C)C)N1[N+](=O)[O-]. The van der Waals surface area contributed by atoms with Crippen LogP contribution in [0.25, 0.3) is 0 Å². The van der Waals surface area contributed by atoms with E-state index in [4.69, 9.17) is 9.47 Å². The molecule has 8 nitrogen and oxygen atoms in total. The van der Waals surface area contributed by atoms with Crippen LogP contribution in [0.1, 0.15) is 34.1 Å². The van der Waals surface area contributed by atoms with Crippen LogP contribution in [-0.4, -0.2) is 33.9 Å². The number of ether oxygens (including phenoxy) is 2. The fourth-order valence-electron chi connectivity index (χ4n) is 1.92. The predicted octanol–water partition coefficient (Wildman–Crippen LogP) is 0.688. The second-order valence-corrected chi connectivity index (χ2v) is 4.64. The van der Waals surface area contributed by atoms with Crippen molar-refractivity contribution in [3.8, 4) is 0 Å². The first kappa shape index (κ1) is 14.2. The molecule has 0 aromatic rings. The molecule has 0 amide bonds. The Bertz CT molecular complexity index is 383. The largest absolute Gasteiger partial charge is 0.400 e. The van der Waals surface area contributed by atoms with Crippen molar-refractivity contribution in [3.63, 3.8) is 0 Å². The van der Waals surface area contributed by atoms with Crippen LogP contribution in [0.5, 0.6) is 0 Å². The highest BCUT2D eigenvalue weighted by atomic mass is 16.8. The summed E-state index contributed by atoms with van der Waals surface area (Å²) >= 11 is 0. The highest BCUT2D eigenvalue weighted by molar-refractivity contribution is 5.78. The smallest absolute Gasteiger partial charge is 0.391 e. The molecule has 8 heteroatoms. The number of hydrazine groups is 1. The zero-order chi connectivity index (χ0) is 14.1. The van der Waals surface area contributed by atoms with Crippen LogP contribution in [-0.2, 0) is 19.1 Å². The van der Waals surface area contributed by atoms with Crippen molar-refractivity contribution in [3.05, 3.63) is 10.1 Å². The topological polar surface area (TPSA) is 99.0 Å². The van der Waals surface area contributed by atoms with E-state index in [0.29, 0.717) is 5.01 Å². The summed E-state index contributed by atoms with van der Waals surface area (Å²) in [6.45, 7) is 5.92. The van der Waals surface area contributed by atoms with Gasteiger partial charge >= 0.3 is 17.8 Å². The van der Waals surface area contributed by atoms with Gasteiger partial charge in [-0.15, -0.1) is 0 Å². The summed E-state index contributed by atoms with van der Waals surface area (Å²) in [4.78, 5) is 33.7. The Morgan fingerprint density at radius 1 is 1.67 bits per heavy atom. The van der Waals surface area contributed by atoms with Crippen molar-refractivity contribution in [1.29, 1.82) is 0 Å². The Balaban J connectivity index is 3.04. The lowest BCUT2D eigenvalue weighted by Gasteiger charge is -2.26. The van der Waals surface area contributed by atoms with E-state index in [1.54, 1.807) is 0 Å². The van der Waals surface area contributed by atoms with Crippen molar-refractivity contribution < 1.29 is 24.1 Å². The first-order valence-corrected chi connectivity index (χ1v) is 5.53. The van der Waals surface area contributed by atoms with Gasteiger partial charge in [0.1, 0.15) is 0 Å². The van der Waals surface area contributed by atoms with Gasteiger partial charge < -0.3 is 9.47 Å². The molecule has 0 aromatic heterocycles. The Morgan fingerprint density at radius 2 is 2.22 bits per heavy atom. The molecule has 2 atom stereocenters. The number of carbonyl (C=O) groups is 2. The van der Waals surface area contributed by atoms with Crippen LogP contribution in [0.4, 0.5) is 0 Å². The molecule has 0 N–H and O–H groups in total. The maximum absolute atomic E-state index is 11.7. The Morgan fingerprint density at radius 3 is 2.61 bits per heavy atom. The zero-order valence-electron chi connectivity index (χ0n) is 10.7. The van der Waals surface area contributed by atoms with Crippen LogP contribution in [0.3, 0.4) is 0 Å². The first-order chi connectivity index (χ1) is 8.17. The molecule has 1 fully saturated rings. The normalized spacial score (nSPS) is 27.3. The molecule has 1 heterocycles. The number of cyclic esters (lactones) is 1. The molecule has 18 heavy (non-hydrogen) atoms. The fraction of sp³-hybridized carbons (Fsp3) is 0.800. The number of carbonyl (C=O) groups excluding carboxylic acids is 2. The van der Waals surface area contributed by atoms with Crippen molar-refractivity contribution in [2.24, 2.45) is 5.92 Å². The van der Waals surface area contributed by atoms with Gasteiger partial charge in [0.15, 0.2) is 11.1 Å². The van der Waals surface area contributed by atoms with Gasteiger partial charge in [0.05, 0.1) is 0 Å². The molecule has 0 aromatic carbocycles. The third-order valence-electron chi connectivity index (χ3n) is 2.48. The standard InChI is InChI=1S/C10H16N2O6/c1-6(2)5-8-9(14)18-10(4,17-7(3)13)11(8)12(15)16/h6,8H,5H2,1-4H3/t8-,10-/m1/s1. The number of hydrogen-bond donors (Lipinski definition) is 0. The van der Waals surface area contributed by atoms with Gasteiger partial charge in [-0.25, -0.2) is 14.9 Å². The third-order valence-corrected chi connectivity index (χ3v) is 2.48. The molecule has 1 aliphatic rings. The van der Waals surface area contributed by atoms with Crippen molar-refractivity contribution in [2.45, 2.75) is 46.1 Å². The molecule has 0 spiro atoms. The van der Waals surface area contributed by atoms with Gasteiger partial charge in [-0.2, -0.15) is 0 Å². The second-order valence-electron chi connectivity index (χ2n) is 4.64. The van der Waals surface area contributed by atoms with E-state index in [-0.39, 0.29) is 12.3 Å². The summed E-state index contributed by atoms with van der Waals surface area (Å²) < 4.78 is 9.61. The van der Waals surface area contributed by atoms with Crippen LogP contribution in [0.15, 0.2) is 0 Å². The number of nitro groups is 1. The molecular weight excluding hydrogens is 244 g/mol. The summed E-state index contributed by atoms with van der Waals surface area (Å²) in [5.41, 5.74) is 0. The van der Waals surface area contributed by atoms with Gasteiger partial charge in [-0.05, 0) is 17.3 Å². The molecule has 1 saturated heterocycles. The molecular formula is C10H16N2O6. The molecule has 1 rings (SSSR count). The minimum atomic E-state index is -1.98. The van der Waals surface area contributed by atoms with E-state index < -0.39 is 28.9 Å². The second kappa shape index (κ2) is 4.79. The lowest BCUT2D eigenvalue weighted by atomic mass is 10.0. The Labute approximate surface area is 104 Å². The van der Waals surface area contributed by atoms with Crippen LogP contribution in [0.2, 0.25) is 0 Å². The maximum atomic E-state index is 11.7. The highest BCUT2D eigenvalue weighted by Crippen LogP contribution is 2.32.